The lowest BCUT2D eigenvalue weighted by Crippen LogP contribution is -2.87. The van der Waals surface area contributed by atoms with Crippen molar-refractivity contribution in [2.75, 3.05) is 19.8 Å². The number of carbonyl (C=O) groups is 1. The van der Waals surface area contributed by atoms with Gasteiger partial charge < -0.3 is 20.1 Å². The third-order valence-corrected chi connectivity index (χ3v) is 5.31. The number of nitrogens with one attached hydrogen (secondary N) is 1. The Hall–Kier alpha value is -2.24. The van der Waals surface area contributed by atoms with Gasteiger partial charge in [0, 0.05) is 10.6 Å². The average molecular weight is 404 g/mol. The topological polar surface area (TPSA) is 64.2 Å². The van der Waals surface area contributed by atoms with E-state index in [9.17, 15) is 4.79 Å². The fraction of sp³-hybridized carbons (Fsp3) is 0.409. The Labute approximate surface area is 171 Å². The van der Waals surface area contributed by atoms with E-state index in [0.29, 0.717) is 19.8 Å². The van der Waals surface area contributed by atoms with E-state index in [1.807, 2.05) is 47.8 Å². The van der Waals surface area contributed by atoms with Crippen LogP contribution in [0, 0.1) is 5.92 Å². The summed E-state index contributed by atoms with van der Waals surface area (Å²) in [6, 6.07) is 13.6. The molecule has 1 aliphatic rings. The molecule has 0 unspecified atom stereocenters. The number of hydrogen-bond acceptors (Lipinski definition) is 3. The lowest BCUT2D eigenvalue weighted by Gasteiger charge is -2.25. The van der Waals surface area contributed by atoms with Crippen molar-refractivity contribution in [1.82, 2.24) is 5.32 Å². The minimum absolute atomic E-state index is 0.00695. The van der Waals surface area contributed by atoms with Gasteiger partial charge in [-0.2, -0.15) is 0 Å². The monoisotopic (exact) mass is 403 g/mol. The molecule has 0 aliphatic carbocycles. The molecule has 3 N–H and O–H groups in total. The van der Waals surface area contributed by atoms with Gasteiger partial charge in [0.2, 0.25) is 0 Å². The fourth-order valence-electron chi connectivity index (χ4n) is 3.38. The molecule has 150 valence electrons. The van der Waals surface area contributed by atoms with E-state index >= 15 is 0 Å². The second kappa shape index (κ2) is 9.30. The largest absolute Gasteiger partial charge is 0.486 e. The first-order valence-electron chi connectivity index (χ1n) is 9.72. The lowest BCUT2D eigenvalue weighted by molar-refractivity contribution is -0.682. The number of carbonyl (C=O) groups excluding carboxylic acids is 1. The van der Waals surface area contributed by atoms with E-state index in [1.54, 1.807) is 0 Å². The minimum Gasteiger partial charge on any atom is -0.486 e. The van der Waals surface area contributed by atoms with E-state index in [-0.39, 0.29) is 23.9 Å². The Kier molecular flexibility index (Phi) is 6.81. The predicted octanol–water partition coefficient (Wildman–Crippen LogP) is 3.25. The molecule has 1 aliphatic heterocycles. The Bertz CT molecular complexity index is 825. The van der Waals surface area contributed by atoms with Crippen LogP contribution in [0.1, 0.15) is 44.0 Å². The number of nitrogens with two attached hydrogens (primary N) is 1. The Balaban J connectivity index is 1.62. The number of ether oxygens (including phenoxy) is 2. The molecule has 6 heteroatoms. The van der Waals surface area contributed by atoms with Gasteiger partial charge in [-0.1, -0.05) is 49.7 Å². The summed E-state index contributed by atoms with van der Waals surface area (Å²) >= 11 is 6.26. The summed E-state index contributed by atoms with van der Waals surface area (Å²) in [7, 11) is 0. The van der Waals surface area contributed by atoms with Crippen LogP contribution in [0.5, 0.6) is 11.5 Å². The second-order valence-corrected chi connectivity index (χ2v) is 7.85. The molecule has 0 aromatic heterocycles. The van der Waals surface area contributed by atoms with E-state index in [0.717, 1.165) is 27.6 Å². The molecule has 28 heavy (non-hydrogen) atoms. The molecule has 1 heterocycles. The van der Waals surface area contributed by atoms with Crippen LogP contribution in [-0.4, -0.2) is 25.7 Å². The van der Waals surface area contributed by atoms with Crippen LogP contribution in [0.3, 0.4) is 0 Å². The SMILES string of the molecule is CC(C)[C@H](NC(=O)C[NH2+][C@@H](C)c1ccccc1Cl)c1ccc2c(c1)OCCO2. The van der Waals surface area contributed by atoms with Crippen molar-refractivity contribution in [2.24, 2.45) is 5.92 Å². The van der Waals surface area contributed by atoms with Crippen LogP contribution in [0.15, 0.2) is 42.5 Å². The minimum atomic E-state index is -0.0904. The van der Waals surface area contributed by atoms with Crippen molar-refractivity contribution >= 4 is 17.5 Å². The summed E-state index contributed by atoms with van der Waals surface area (Å²) in [5.41, 5.74) is 2.05. The van der Waals surface area contributed by atoms with Crippen LogP contribution in [-0.2, 0) is 4.79 Å². The third kappa shape index (κ3) is 4.97. The van der Waals surface area contributed by atoms with Crippen molar-refractivity contribution in [2.45, 2.75) is 32.9 Å². The highest BCUT2D eigenvalue weighted by Gasteiger charge is 2.22. The smallest absolute Gasteiger partial charge is 0.275 e. The predicted molar refractivity (Wildman–Crippen MR) is 110 cm³/mol. The fourth-order valence-corrected chi connectivity index (χ4v) is 3.68. The maximum atomic E-state index is 12.6. The van der Waals surface area contributed by atoms with Gasteiger partial charge in [0.15, 0.2) is 18.0 Å². The summed E-state index contributed by atoms with van der Waals surface area (Å²) in [5.74, 6) is 1.73. The van der Waals surface area contributed by atoms with Crippen LogP contribution in [0.2, 0.25) is 5.02 Å². The van der Waals surface area contributed by atoms with Gasteiger partial charge in [0.25, 0.3) is 5.91 Å². The molecular weight excluding hydrogens is 376 g/mol. The maximum absolute atomic E-state index is 12.6. The maximum Gasteiger partial charge on any atom is 0.275 e. The van der Waals surface area contributed by atoms with Gasteiger partial charge in [-0.05, 0) is 36.6 Å². The number of benzene rings is 2. The van der Waals surface area contributed by atoms with Crippen molar-refractivity contribution < 1.29 is 19.6 Å². The van der Waals surface area contributed by atoms with Gasteiger partial charge in [0.1, 0.15) is 19.3 Å². The highest BCUT2D eigenvalue weighted by atomic mass is 35.5. The molecule has 2 aromatic carbocycles. The normalized spacial score (nSPS) is 15.2. The highest BCUT2D eigenvalue weighted by molar-refractivity contribution is 6.31. The number of halogens is 1. The molecule has 1 amide bonds. The molecule has 0 bridgehead atoms. The van der Waals surface area contributed by atoms with Gasteiger partial charge >= 0.3 is 0 Å². The summed E-state index contributed by atoms with van der Waals surface area (Å²) < 4.78 is 11.3. The van der Waals surface area contributed by atoms with Gasteiger partial charge in [-0.15, -0.1) is 0 Å². The number of hydrogen-bond donors (Lipinski definition) is 2. The van der Waals surface area contributed by atoms with Gasteiger partial charge in [-0.25, -0.2) is 0 Å². The van der Waals surface area contributed by atoms with Crippen LogP contribution in [0.4, 0.5) is 0 Å². The number of fused-ring (bicyclic) bond motifs is 1. The highest BCUT2D eigenvalue weighted by Crippen LogP contribution is 2.34. The Morgan fingerprint density at radius 2 is 1.82 bits per heavy atom. The molecule has 0 spiro atoms. The summed E-state index contributed by atoms with van der Waals surface area (Å²) in [5, 5.41) is 5.88. The van der Waals surface area contributed by atoms with Gasteiger partial charge in [0.05, 0.1) is 6.04 Å². The van der Waals surface area contributed by atoms with E-state index in [1.165, 1.54) is 0 Å². The van der Waals surface area contributed by atoms with Crippen LogP contribution >= 0.6 is 11.6 Å². The Morgan fingerprint density at radius 1 is 1.11 bits per heavy atom. The molecule has 2 aromatic rings. The standard InChI is InChI=1S/C22H27ClN2O3/c1-14(2)22(16-8-9-19-20(12-16)28-11-10-27-19)25-21(26)13-24-15(3)17-6-4-5-7-18(17)23/h4-9,12,14-15,22,24H,10-11,13H2,1-3H3,(H,25,26)/p+1/t15-,22-/m0/s1. The zero-order valence-corrected chi connectivity index (χ0v) is 17.3. The average Bonchev–Trinajstić information content (AvgIpc) is 2.70. The van der Waals surface area contributed by atoms with Crippen molar-refractivity contribution in [3.05, 3.63) is 58.6 Å². The summed E-state index contributed by atoms with van der Waals surface area (Å²) in [6.45, 7) is 7.69. The van der Waals surface area contributed by atoms with Crippen molar-refractivity contribution in [3.63, 3.8) is 0 Å². The molecule has 0 radical (unpaired) electrons. The molecule has 5 nitrogen and oxygen atoms in total. The zero-order valence-electron chi connectivity index (χ0n) is 16.6. The van der Waals surface area contributed by atoms with Crippen LogP contribution in [0.25, 0.3) is 0 Å². The molecule has 0 saturated carbocycles. The first-order chi connectivity index (χ1) is 13.5. The van der Waals surface area contributed by atoms with Gasteiger partial charge in [-0.3, -0.25) is 4.79 Å². The summed E-state index contributed by atoms with van der Waals surface area (Å²) in [4.78, 5) is 12.6. The first-order valence-corrected chi connectivity index (χ1v) is 10.1. The van der Waals surface area contributed by atoms with E-state index in [4.69, 9.17) is 21.1 Å². The molecule has 3 rings (SSSR count). The molecule has 0 saturated heterocycles. The van der Waals surface area contributed by atoms with Crippen LogP contribution < -0.4 is 20.1 Å². The summed E-state index contributed by atoms with van der Waals surface area (Å²) in [6.07, 6.45) is 0. The Morgan fingerprint density at radius 3 is 2.54 bits per heavy atom. The number of rotatable bonds is 7. The first kappa shape index (κ1) is 20.5. The number of quaternary nitrogens is 1. The lowest BCUT2D eigenvalue weighted by atomic mass is 9.95. The second-order valence-electron chi connectivity index (χ2n) is 7.44. The molecular formula is C22H28ClN2O3+. The molecule has 0 fully saturated rings. The zero-order chi connectivity index (χ0) is 20.1. The quantitative estimate of drug-likeness (QED) is 0.745. The van der Waals surface area contributed by atoms with E-state index in [2.05, 4.69) is 26.1 Å². The van der Waals surface area contributed by atoms with E-state index < -0.39 is 0 Å². The third-order valence-electron chi connectivity index (χ3n) is 4.96. The van der Waals surface area contributed by atoms with Crippen molar-refractivity contribution in [1.29, 1.82) is 0 Å². The number of amides is 1. The molecule has 2 atom stereocenters. The van der Waals surface area contributed by atoms with Crippen molar-refractivity contribution in [3.8, 4) is 11.5 Å².